The number of hydrogen-bond donors (Lipinski definition) is 0. The minimum atomic E-state index is 0.916. The highest BCUT2D eigenvalue weighted by Gasteiger charge is 2.24. The third-order valence-electron chi connectivity index (χ3n) is 9.89. The second-order valence-corrected chi connectivity index (χ2v) is 13.9. The van der Waals surface area contributed by atoms with Crippen molar-refractivity contribution in [2.24, 2.45) is 0 Å². The summed E-state index contributed by atoms with van der Waals surface area (Å²) in [5.41, 5.74) is 12.4. The number of benzene rings is 8. The monoisotopic (exact) mass is 669 g/mol. The summed E-state index contributed by atoms with van der Waals surface area (Å²) in [5.74, 6) is 0. The highest BCUT2D eigenvalue weighted by molar-refractivity contribution is 7.26. The Balaban J connectivity index is 1.27. The van der Waals surface area contributed by atoms with E-state index in [-0.39, 0.29) is 0 Å². The lowest BCUT2D eigenvalue weighted by atomic mass is 9.97. The molecule has 51 heavy (non-hydrogen) atoms. The summed E-state index contributed by atoms with van der Waals surface area (Å²) in [6, 6.07) is 67.3. The van der Waals surface area contributed by atoms with E-state index in [2.05, 4.69) is 187 Å². The van der Waals surface area contributed by atoms with Crippen molar-refractivity contribution in [2.45, 2.75) is 0 Å². The van der Waals surface area contributed by atoms with Gasteiger partial charge in [-0.05, 0) is 70.3 Å². The fourth-order valence-electron chi connectivity index (χ4n) is 7.48. The smallest absolute Gasteiger partial charge is 0.136 e. The minimum absolute atomic E-state index is 0.916. The molecule has 10 rings (SSSR count). The zero-order valence-corrected chi connectivity index (χ0v) is 28.5. The van der Waals surface area contributed by atoms with Gasteiger partial charge in [-0.3, -0.25) is 0 Å². The van der Waals surface area contributed by atoms with E-state index < -0.39 is 0 Å². The van der Waals surface area contributed by atoms with Gasteiger partial charge < -0.3 is 9.32 Å². The predicted molar refractivity (Wildman–Crippen MR) is 218 cm³/mol. The second kappa shape index (κ2) is 12.2. The maximum Gasteiger partial charge on any atom is 0.136 e. The molecular formula is C48H31NOS. The number of para-hydroxylation sites is 1. The van der Waals surface area contributed by atoms with Crippen molar-refractivity contribution in [3.63, 3.8) is 0 Å². The quantitative estimate of drug-likeness (QED) is 0.175. The lowest BCUT2D eigenvalue weighted by Crippen LogP contribution is -2.11. The van der Waals surface area contributed by atoms with Gasteiger partial charge in [0.1, 0.15) is 11.2 Å². The average molecular weight is 670 g/mol. The van der Waals surface area contributed by atoms with Crippen LogP contribution in [0.3, 0.4) is 0 Å². The van der Waals surface area contributed by atoms with Gasteiger partial charge in [-0.25, -0.2) is 0 Å². The van der Waals surface area contributed by atoms with Crippen LogP contribution in [0, 0.1) is 0 Å². The van der Waals surface area contributed by atoms with Crippen molar-refractivity contribution in [3.05, 3.63) is 188 Å². The molecule has 0 saturated carbocycles. The van der Waals surface area contributed by atoms with Crippen molar-refractivity contribution >= 4 is 70.5 Å². The van der Waals surface area contributed by atoms with E-state index in [1.807, 2.05) is 17.4 Å². The van der Waals surface area contributed by atoms with E-state index in [1.54, 1.807) is 0 Å². The molecule has 0 aliphatic rings. The normalized spacial score (nSPS) is 11.5. The molecule has 2 heterocycles. The van der Waals surface area contributed by atoms with E-state index >= 15 is 0 Å². The molecule has 2 aromatic heterocycles. The van der Waals surface area contributed by atoms with Crippen molar-refractivity contribution in [2.75, 3.05) is 4.90 Å². The molecule has 0 radical (unpaired) electrons. The van der Waals surface area contributed by atoms with Crippen LogP contribution in [0.4, 0.5) is 17.1 Å². The third kappa shape index (κ3) is 5.01. The molecule has 0 spiro atoms. The third-order valence-corrected chi connectivity index (χ3v) is 11.1. The van der Waals surface area contributed by atoms with Gasteiger partial charge in [0, 0.05) is 43.2 Å². The summed E-state index contributed by atoms with van der Waals surface area (Å²) in [6.07, 6.45) is 0. The van der Waals surface area contributed by atoms with Gasteiger partial charge in [-0.1, -0.05) is 146 Å². The fraction of sp³-hybridized carbons (Fsp3) is 0. The van der Waals surface area contributed by atoms with Gasteiger partial charge in [0.25, 0.3) is 0 Å². The molecule has 0 N–H and O–H groups in total. The maximum absolute atomic E-state index is 6.38. The molecule has 3 heteroatoms. The number of anilines is 3. The van der Waals surface area contributed by atoms with E-state index in [0.717, 1.165) is 27.9 Å². The van der Waals surface area contributed by atoms with Crippen molar-refractivity contribution in [1.29, 1.82) is 0 Å². The first-order valence-electron chi connectivity index (χ1n) is 17.3. The Morgan fingerprint density at radius 3 is 1.51 bits per heavy atom. The molecule has 0 bridgehead atoms. The average Bonchev–Trinajstić information content (AvgIpc) is 3.78. The molecule has 0 saturated heterocycles. The Labute approximate surface area is 300 Å². The molecule has 0 aliphatic heterocycles. The van der Waals surface area contributed by atoms with E-state index in [4.69, 9.17) is 4.42 Å². The van der Waals surface area contributed by atoms with Crippen molar-refractivity contribution < 1.29 is 4.42 Å². The number of rotatable bonds is 6. The van der Waals surface area contributed by atoms with Crippen LogP contribution in [0.1, 0.15) is 0 Å². The predicted octanol–water partition coefficient (Wildman–Crippen LogP) is 14.4. The largest absolute Gasteiger partial charge is 0.456 e. The van der Waals surface area contributed by atoms with Gasteiger partial charge in [0.2, 0.25) is 0 Å². The van der Waals surface area contributed by atoms with Crippen LogP contribution >= 0.6 is 11.3 Å². The van der Waals surface area contributed by atoms with Gasteiger partial charge in [0.15, 0.2) is 0 Å². The Kier molecular flexibility index (Phi) is 7.04. The highest BCUT2D eigenvalue weighted by atomic mass is 32.1. The zero-order chi connectivity index (χ0) is 33.7. The summed E-state index contributed by atoms with van der Waals surface area (Å²) in [4.78, 5) is 2.45. The summed E-state index contributed by atoms with van der Waals surface area (Å²) in [6.45, 7) is 0. The van der Waals surface area contributed by atoms with Crippen molar-refractivity contribution in [1.82, 2.24) is 0 Å². The van der Waals surface area contributed by atoms with Crippen LogP contribution in [0.25, 0.3) is 75.5 Å². The molecule has 0 unspecified atom stereocenters. The second-order valence-electron chi connectivity index (χ2n) is 12.9. The molecule has 0 fully saturated rings. The SMILES string of the molecule is c1ccc(-c2ccc(N(c3ccc(-c4ccccc4)cc3)c3c(-c4ccccc4)ccc4c3sc3ccc5oc6ccccc6c5c34)cc2)cc1. The van der Waals surface area contributed by atoms with Crippen LogP contribution < -0.4 is 4.90 Å². The number of nitrogens with zero attached hydrogens (tertiary/aromatic N) is 1. The highest BCUT2D eigenvalue weighted by Crippen LogP contribution is 2.51. The Morgan fingerprint density at radius 1 is 0.373 bits per heavy atom. The number of hydrogen-bond acceptors (Lipinski definition) is 3. The van der Waals surface area contributed by atoms with Gasteiger partial charge in [-0.15, -0.1) is 11.3 Å². The van der Waals surface area contributed by atoms with Gasteiger partial charge >= 0.3 is 0 Å². The summed E-state index contributed by atoms with van der Waals surface area (Å²) >= 11 is 1.86. The first kappa shape index (κ1) is 29.5. The van der Waals surface area contributed by atoms with Crippen LogP contribution in [0.2, 0.25) is 0 Å². The molecule has 0 atom stereocenters. The maximum atomic E-state index is 6.38. The molecule has 8 aromatic carbocycles. The van der Waals surface area contributed by atoms with Crippen LogP contribution in [0.5, 0.6) is 0 Å². The summed E-state index contributed by atoms with van der Waals surface area (Å²) < 4.78 is 8.86. The standard InChI is InChI=1S/C48H31NOS/c1-4-12-32(13-5-1)34-20-24-37(25-21-34)49(38-26-22-35(23-27-38)33-14-6-2-7-15-33)47-39(36-16-8-3-9-17-36)28-29-41-46-44(51-48(41)47)31-30-43-45(46)40-18-10-11-19-42(40)50-43/h1-31H. The molecule has 240 valence electrons. The summed E-state index contributed by atoms with van der Waals surface area (Å²) in [7, 11) is 0. The molecular weight excluding hydrogens is 639 g/mol. The zero-order valence-electron chi connectivity index (χ0n) is 27.7. The first-order chi connectivity index (χ1) is 25.3. The Hall–Kier alpha value is -6.42. The number of thiophene rings is 1. The lowest BCUT2D eigenvalue weighted by Gasteiger charge is -2.29. The van der Waals surface area contributed by atoms with Crippen LogP contribution in [0.15, 0.2) is 192 Å². The number of furan rings is 1. The lowest BCUT2D eigenvalue weighted by molar-refractivity contribution is 0.669. The molecule has 0 amide bonds. The number of fused-ring (bicyclic) bond motifs is 7. The Morgan fingerprint density at radius 2 is 0.902 bits per heavy atom. The van der Waals surface area contributed by atoms with E-state index in [1.165, 1.54) is 64.6 Å². The topological polar surface area (TPSA) is 16.4 Å². The molecule has 0 aliphatic carbocycles. The van der Waals surface area contributed by atoms with Crippen LogP contribution in [-0.2, 0) is 0 Å². The Bertz CT molecular complexity index is 2730. The molecule has 2 nitrogen and oxygen atoms in total. The fourth-order valence-corrected chi connectivity index (χ4v) is 8.73. The van der Waals surface area contributed by atoms with E-state index in [9.17, 15) is 0 Å². The van der Waals surface area contributed by atoms with Crippen LogP contribution in [-0.4, -0.2) is 0 Å². The minimum Gasteiger partial charge on any atom is -0.456 e. The van der Waals surface area contributed by atoms with Gasteiger partial charge in [0.05, 0.1) is 10.4 Å². The molecule has 10 aromatic rings. The van der Waals surface area contributed by atoms with Crippen molar-refractivity contribution in [3.8, 4) is 33.4 Å². The summed E-state index contributed by atoms with van der Waals surface area (Å²) in [5, 5.41) is 4.81. The van der Waals surface area contributed by atoms with Gasteiger partial charge in [-0.2, -0.15) is 0 Å². The van der Waals surface area contributed by atoms with E-state index in [0.29, 0.717) is 0 Å². The first-order valence-corrected chi connectivity index (χ1v) is 18.1.